The number of carboxylic acid groups (broad SMARTS) is 1. The zero-order valence-corrected chi connectivity index (χ0v) is 29.7. The SMILES string of the molecule is CC=C=C(S/C(=C\C)C/C=C/CC[C@@H](C[C@@](CC)(CCC)C(=O)O)C(C)(C)C)c1cc(C(CCC)CC/C=C/C)ccn1. The first kappa shape index (κ1) is 38.7. The highest BCUT2D eigenvalue weighted by Gasteiger charge is 2.40. The minimum absolute atomic E-state index is 0.0678. The summed E-state index contributed by atoms with van der Waals surface area (Å²) in [4.78, 5) is 19.4. The van der Waals surface area contributed by atoms with Crippen LogP contribution in [0.2, 0.25) is 0 Å². The summed E-state index contributed by atoms with van der Waals surface area (Å²) in [7, 11) is 0. The molecule has 240 valence electrons. The van der Waals surface area contributed by atoms with E-state index in [2.05, 4.69) is 96.7 Å². The zero-order valence-electron chi connectivity index (χ0n) is 28.8. The van der Waals surface area contributed by atoms with Crippen molar-refractivity contribution in [2.75, 3.05) is 0 Å². The van der Waals surface area contributed by atoms with Gasteiger partial charge in [0.25, 0.3) is 0 Å². The van der Waals surface area contributed by atoms with Crippen LogP contribution < -0.4 is 0 Å². The van der Waals surface area contributed by atoms with Gasteiger partial charge in [-0.15, -0.1) is 5.73 Å². The van der Waals surface area contributed by atoms with Crippen LogP contribution in [0.3, 0.4) is 0 Å². The molecule has 0 radical (unpaired) electrons. The van der Waals surface area contributed by atoms with Crippen molar-refractivity contribution in [2.45, 2.75) is 139 Å². The third-order valence-electron chi connectivity index (χ3n) is 8.76. The van der Waals surface area contributed by atoms with Crippen LogP contribution >= 0.6 is 11.8 Å². The lowest BCUT2D eigenvalue weighted by Crippen LogP contribution is -2.36. The van der Waals surface area contributed by atoms with Crippen LogP contribution in [0.1, 0.15) is 150 Å². The van der Waals surface area contributed by atoms with Crippen molar-refractivity contribution in [3.8, 4) is 0 Å². The number of hydrogen-bond acceptors (Lipinski definition) is 3. The molecular formula is C39H61NO2S. The summed E-state index contributed by atoms with van der Waals surface area (Å²) in [5.74, 6) is 0.268. The number of aliphatic carboxylic acids is 1. The molecule has 0 saturated carbocycles. The summed E-state index contributed by atoms with van der Waals surface area (Å²) >= 11 is 1.76. The first-order valence-corrected chi connectivity index (χ1v) is 17.5. The highest BCUT2D eigenvalue weighted by atomic mass is 32.2. The van der Waals surface area contributed by atoms with Gasteiger partial charge in [0.15, 0.2) is 0 Å². The predicted molar refractivity (Wildman–Crippen MR) is 190 cm³/mol. The molecule has 0 spiro atoms. The zero-order chi connectivity index (χ0) is 32.3. The minimum Gasteiger partial charge on any atom is -0.481 e. The quantitative estimate of drug-likeness (QED) is 0.118. The van der Waals surface area contributed by atoms with Crippen molar-refractivity contribution in [1.82, 2.24) is 4.98 Å². The van der Waals surface area contributed by atoms with Crippen molar-refractivity contribution in [3.05, 3.63) is 76.7 Å². The van der Waals surface area contributed by atoms with Crippen LogP contribution in [0.15, 0.2) is 65.4 Å². The molecule has 4 heteroatoms. The van der Waals surface area contributed by atoms with E-state index < -0.39 is 11.4 Å². The lowest BCUT2D eigenvalue weighted by atomic mass is 9.66. The van der Waals surface area contributed by atoms with Gasteiger partial charge in [0, 0.05) is 6.20 Å². The van der Waals surface area contributed by atoms with Crippen LogP contribution in [-0.4, -0.2) is 16.1 Å². The van der Waals surface area contributed by atoms with Gasteiger partial charge >= 0.3 is 5.97 Å². The number of nitrogens with zero attached hydrogens (tertiary/aromatic N) is 1. The van der Waals surface area contributed by atoms with E-state index in [1.54, 1.807) is 11.8 Å². The van der Waals surface area contributed by atoms with E-state index in [1.165, 1.54) is 23.3 Å². The Balaban J connectivity index is 2.98. The van der Waals surface area contributed by atoms with E-state index in [4.69, 9.17) is 4.98 Å². The Morgan fingerprint density at radius 3 is 2.30 bits per heavy atom. The fourth-order valence-electron chi connectivity index (χ4n) is 5.93. The maximum atomic E-state index is 12.3. The molecule has 0 aliphatic carbocycles. The number of rotatable bonds is 20. The molecule has 0 aliphatic rings. The van der Waals surface area contributed by atoms with Gasteiger partial charge in [-0.1, -0.05) is 96.5 Å². The molecule has 3 atom stereocenters. The summed E-state index contributed by atoms with van der Waals surface area (Å²) in [6.07, 6.45) is 25.6. The highest BCUT2D eigenvalue weighted by Crippen LogP contribution is 2.44. The summed E-state index contributed by atoms with van der Waals surface area (Å²) in [5.41, 5.74) is 5.28. The lowest BCUT2D eigenvalue weighted by molar-refractivity contribution is -0.151. The van der Waals surface area contributed by atoms with Crippen LogP contribution in [0.25, 0.3) is 4.91 Å². The van der Waals surface area contributed by atoms with Gasteiger partial charge in [0.1, 0.15) is 0 Å². The van der Waals surface area contributed by atoms with E-state index >= 15 is 0 Å². The molecule has 0 aliphatic heterocycles. The molecule has 1 unspecified atom stereocenters. The lowest BCUT2D eigenvalue weighted by Gasteiger charge is -2.38. The summed E-state index contributed by atoms with van der Waals surface area (Å²) in [5, 5.41) is 10.1. The van der Waals surface area contributed by atoms with E-state index in [9.17, 15) is 9.90 Å². The molecule has 0 bridgehead atoms. The molecule has 1 N–H and O–H groups in total. The van der Waals surface area contributed by atoms with Crippen molar-refractivity contribution in [2.24, 2.45) is 16.7 Å². The van der Waals surface area contributed by atoms with Crippen molar-refractivity contribution < 1.29 is 9.90 Å². The molecule has 3 nitrogen and oxygen atoms in total. The maximum absolute atomic E-state index is 12.3. The second-order valence-electron chi connectivity index (χ2n) is 12.9. The third-order valence-corrected chi connectivity index (χ3v) is 9.96. The summed E-state index contributed by atoms with van der Waals surface area (Å²) in [6, 6.07) is 4.46. The largest absolute Gasteiger partial charge is 0.481 e. The van der Waals surface area contributed by atoms with Gasteiger partial charge in [0.05, 0.1) is 16.0 Å². The van der Waals surface area contributed by atoms with Crippen LogP contribution in [-0.2, 0) is 4.79 Å². The van der Waals surface area contributed by atoms with Gasteiger partial charge in [-0.25, -0.2) is 0 Å². The second-order valence-corrected chi connectivity index (χ2v) is 14.1. The summed E-state index contributed by atoms with van der Waals surface area (Å²) < 4.78 is 0. The Morgan fingerprint density at radius 1 is 1.02 bits per heavy atom. The van der Waals surface area contributed by atoms with Crippen LogP contribution in [0, 0.1) is 16.7 Å². The fraction of sp³-hybridized carbons (Fsp3) is 0.615. The Hall–Kier alpha value is -2.29. The number of aromatic nitrogens is 1. The van der Waals surface area contributed by atoms with Gasteiger partial charge in [0.2, 0.25) is 0 Å². The number of carboxylic acids is 1. The molecule has 1 heterocycles. The number of pyridine rings is 1. The third kappa shape index (κ3) is 13.5. The van der Waals surface area contributed by atoms with E-state index in [0.717, 1.165) is 62.0 Å². The Kier molecular flexibility index (Phi) is 18.6. The Morgan fingerprint density at radius 2 is 1.74 bits per heavy atom. The van der Waals surface area contributed by atoms with E-state index in [-0.39, 0.29) is 5.41 Å². The van der Waals surface area contributed by atoms with Crippen LogP contribution in [0.5, 0.6) is 0 Å². The average Bonchev–Trinajstić information content (AvgIpc) is 2.97. The molecule has 1 aromatic heterocycles. The minimum atomic E-state index is -0.629. The summed E-state index contributed by atoms with van der Waals surface area (Å²) in [6.45, 7) is 19.4. The van der Waals surface area contributed by atoms with E-state index in [1.807, 2.05) is 26.1 Å². The topological polar surface area (TPSA) is 50.2 Å². The monoisotopic (exact) mass is 607 g/mol. The van der Waals surface area contributed by atoms with Gasteiger partial charge < -0.3 is 5.11 Å². The molecule has 0 fully saturated rings. The van der Waals surface area contributed by atoms with Gasteiger partial charge in [-0.2, -0.15) is 0 Å². The Bertz CT molecular complexity index is 1120. The molecule has 1 rings (SSSR count). The highest BCUT2D eigenvalue weighted by molar-refractivity contribution is 8.11. The van der Waals surface area contributed by atoms with Gasteiger partial charge in [-0.3, -0.25) is 9.78 Å². The van der Waals surface area contributed by atoms with E-state index in [0.29, 0.717) is 18.3 Å². The average molecular weight is 608 g/mol. The van der Waals surface area contributed by atoms with Crippen molar-refractivity contribution in [1.29, 1.82) is 0 Å². The molecule has 0 aromatic carbocycles. The molecule has 0 amide bonds. The maximum Gasteiger partial charge on any atom is 0.309 e. The van der Waals surface area contributed by atoms with Gasteiger partial charge in [-0.05, 0) is 124 Å². The first-order valence-electron chi connectivity index (χ1n) is 16.7. The second kappa shape index (κ2) is 20.6. The molecule has 1 aromatic rings. The molecular weight excluding hydrogens is 547 g/mol. The number of thioether (sulfide) groups is 1. The molecule has 43 heavy (non-hydrogen) atoms. The van der Waals surface area contributed by atoms with Crippen molar-refractivity contribution in [3.63, 3.8) is 0 Å². The smallest absolute Gasteiger partial charge is 0.309 e. The first-order chi connectivity index (χ1) is 20.5. The molecule has 0 saturated heterocycles. The fourth-order valence-corrected chi connectivity index (χ4v) is 6.88. The normalized spacial score (nSPS) is 15.3. The number of hydrogen-bond donors (Lipinski definition) is 1. The van der Waals surface area contributed by atoms with Crippen molar-refractivity contribution >= 4 is 22.6 Å². The number of allylic oxidation sites excluding steroid dienone is 7. The number of carbonyl (C=O) groups is 1. The van der Waals surface area contributed by atoms with Crippen LogP contribution in [0.4, 0.5) is 0 Å². The Labute approximate surface area is 269 Å². The predicted octanol–water partition coefficient (Wildman–Crippen LogP) is 12.5. The standard InChI is InChI=1S/C39H61NO2S/c1-10-16-18-23-31(21-11-2)32-26-28-40-35(29-32)36(22-12-3)43-34(14-5)25-20-17-19-24-33(38(7,8)9)30-39(15-6,27-13-4)37(41)42/h10,12,14,16-17,20,26,28-29,31,33H,11,13,15,18-19,21,23-25,27,30H2,1-9H3,(H,41,42)/b16-10+,20-17+,34-14-/t22?,31?,33-,39+/m0/s1.